The number of carbonyl (C=O) groups excluding carboxylic acids is 2. The van der Waals surface area contributed by atoms with Crippen LogP contribution in [0.2, 0.25) is 0 Å². The van der Waals surface area contributed by atoms with Crippen molar-refractivity contribution in [1.82, 2.24) is 0 Å². The summed E-state index contributed by atoms with van der Waals surface area (Å²) in [6, 6.07) is 19.1. The molecule has 0 saturated carbocycles. The van der Waals surface area contributed by atoms with Gasteiger partial charge in [-0.15, -0.1) is 0 Å². The summed E-state index contributed by atoms with van der Waals surface area (Å²) in [7, 11) is 1.56. The lowest BCUT2D eigenvalue weighted by molar-refractivity contribution is 0.0734. The van der Waals surface area contributed by atoms with Crippen molar-refractivity contribution in [2.24, 2.45) is 0 Å². The molecular formula is C24H18O5. The van der Waals surface area contributed by atoms with Gasteiger partial charge in [0.15, 0.2) is 5.76 Å². The lowest BCUT2D eigenvalue weighted by Crippen LogP contribution is -2.08. The average molecular weight is 386 g/mol. The first-order valence-corrected chi connectivity index (χ1v) is 9.05. The van der Waals surface area contributed by atoms with Crippen molar-refractivity contribution in [1.29, 1.82) is 0 Å². The van der Waals surface area contributed by atoms with E-state index in [2.05, 4.69) is 0 Å². The molecule has 1 aliphatic rings. The van der Waals surface area contributed by atoms with Gasteiger partial charge in [-0.1, -0.05) is 24.3 Å². The third-order valence-electron chi connectivity index (χ3n) is 4.65. The molecule has 144 valence electrons. The van der Waals surface area contributed by atoms with Crippen LogP contribution < -0.4 is 14.2 Å². The fourth-order valence-electron chi connectivity index (χ4n) is 3.01. The molecule has 4 rings (SSSR count). The predicted molar refractivity (Wildman–Crippen MR) is 109 cm³/mol. The number of aryl methyl sites for hydroxylation is 1. The van der Waals surface area contributed by atoms with Crippen LogP contribution in [-0.4, -0.2) is 18.9 Å². The second kappa shape index (κ2) is 7.64. The summed E-state index contributed by atoms with van der Waals surface area (Å²) in [6.45, 7) is 1.97. The third kappa shape index (κ3) is 3.75. The molecule has 0 aromatic heterocycles. The Morgan fingerprint density at radius 2 is 1.69 bits per heavy atom. The Balaban J connectivity index is 1.54. The van der Waals surface area contributed by atoms with Crippen LogP contribution in [0.5, 0.6) is 17.2 Å². The summed E-state index contributed by atoms with van der Waals surface area (Å²) in [5.74, 6) is 0.861. The maximum Gasteiger partial charge on any atom is 0.343 e. The lowest BCUT2D eigenvalue weighted by atomic mass is 10.1. The Kier molecular flexibility index (Phi) is 4.87. The van der Waals surface area contributed by atoms with E-state index >= 15 is 0 Å². The van der Waals surface area contributed by atoms with E-state index < -0.39 is 5.97 Å². The second-order valence-electron chi connectivity index (χ2n) is 6.57. The molecule has 0 bridgehead atoms. The summed E-state index contributed by atoms with van der Waals surface area (Å²) < 4.78 is 16.2. The molecule has 0 radical (unpaired) electrons. The average Bonchev–Trinajstić information content (AvgIpc) is 3.04. The minimum Gasteiger partial charge on any atom is -0.497 e. The summed E-state index contributed by atoms with van der Waals surface area (Å²) in [5.41, 5.74) is 2.79. The Bertz CT molecular complexity index is 1130. The van der Waals surface area contributed by atoms with Crippen LogP contribution in [0.4, 0.5) is 0 Å². The molecule has 0 fully saturated rings. The van der Waals surface area contributed by atoms with E-state index in [1.165, 1.54) is 0 Å². The standard InChI is InChI=1S/C24H18O5/c1-15-5-3-4-6-17(15)13-22-23(25)20-12-11-19(14-21(20)29-22)28-24(26)16-7-9-18(27-2)10-8-16/h3-14H,1-2H3/b22-13-. The van der Waals surface area contributed by atoms with Crippen LogP contribution in [0.3, 0.4) is 0 Å². The van der Waals surface area contributed by atoms with Gasteiger partial charge in [-0.2, -0.15) is 0 Å². The maximum atomic E-state index is 12.6. The number of ether oxygens (including phenoxy) is 3. The number of fused-ring (bicyclic) bond motifs is 1. The molecule has 0 aliphatic carbocycles. The van der Waals surface area contributed by atoms with Crippen molar-refractivity contribution in [3.63, 3.8) is 0 Å². The zero-order chi connectivity index (χ0) is 20.4. The molecule has 5 heteroatoms. The van der Waals surface area contributed by atoms with E-state index in [0.29, 0.717) is 28.4 Å². The zero-order valence-corrected chi connectivity index (χ0v) is 16.0. The molecule has 0 atom stereocenters. The molecule has 0 amide bonds. The van der Waals surface area contributed by atoms with E-state index in [4.69, 9.17) is 14.2 Å². The number of esters is 1. The molecular weight excluding hydrogens is 368 g/mol. The highest BCUT2D eigenvalue weighted by molar-refractivity contribution is 6.14. The number of benzene rings is 3. The first-order chi connectivity index (χ1) is 14.0. The van der Waals surface area contributed by atoms with Gasteiger partial charge in [0.05, 0.1) is 18.2 Å². The highest BCUT2D eigenvalue weighted by Crippen LogP contribution is 2.35. The van der Waals surface area contributed by atoms with Crippen LogP contribution in [0.15, 0.2) is 72.5 Å². The molecule has 0 N–H and O–H groups in total. The topological polar surface area (TPSA) is 61.8 Å². The quantitative estimate of drug-likeness (QED) is 0.365. The number of carbonyl (C=O) groups is 2. The molecule has 29 heavy (non-hydrogen) atoms. The predicted octanol–water partition coefficient (Wildman–Crippen LogP) is 4.84. The van der Waals surface area contributed by atoms with Crippen LogP contribution in [0, 0.1) is 6.92 Å². The van der Waals surface area contributed by atoms with E-state index in [9.17, 15) is 9.59 Å². The number of hydrogen-bond donors (Lipinski definition) is 0. The van der Waals surface area contributed by atoms with Crippen molar-refractivity contribution in [2.45, 2.75) is 6.92 Å². The minimum absolute atomic E-state index is 0.198. The van der Waals surface area contributed by atoms with Gasteiger partial charge in [0.2, 0.25) is 5.78 Å². The van der Waals surface area contributed by atoms with Crippen molar-refractivity contribution < 1.29 is 23.8 Å². The molecule has 1 aliphatic heterocycles. The molecule has 3 aromatic carbocycles. The van der Waals surface area contributed by atoms with E-state index in [1.54, 1.807) is 55.7 Å². The van der Waals surface area contributed by atoms with Gasteiger partial charge in [-0.3, -0.25) is 4.79 Å². The summed E-state index contributed by atoms with van der Waals surface area (Å²) in [6.07, 6.45) is 1.72. The van der Waals surface area contributed by atoms with Gasteiger partial charge >= 0.3 is 5.97 Å². The highest BCUT2D eigenvalue weighted by Gasteiger charge is 2.28. The molecule has 0 spiro atoms. The normalized spacial score (nSPS) is 13.7. The van der Waals surface area contributed by atoms with Gasteiger partial charge in [0, 0.05) is 6.07 Å². The zero-order valence-electron chi connectivity index (χ0n) is 16.0. The van der Waals surface area contributed by atoms with E-state index in [0.717, 1.165) is 11.1 Å². The molecule has 1 heterocycles. The monoisotopic (exact) mass is 386 g/mol. The number of allylic oxidation sites excluding steroid dienone is 1. The molecule has 0 unspecified atom stereocenters. The molecule has 5 nitrogen and oxygen atoms in total. The Labute approximate surface area is 168 Å². The van der Waals surface area contributed by atoms with Crippen molar-refractivity contribution >= 4 is 17.8 Å². The number of rotatable bonds is 4. The molecule has 3 aromatic rings. The van der Waals surface area contributed by atoms with Crippen molar-refractivity contribution in [3.05, 3.63) is 94.7 Å². The summed E-state index contributed by atoms with van der Waals surface area (Å²) in [5, 5.41) is 0. The number of hydrogen-bond acceptors (Lipinski definition) is 5. The van der Waals surface area contributed by atoms with Gasteiger partial charge in [0.1, 0.15) is 17.2 Å². The van der Waals surface area contributed by atoms with Gasteiger partial charge in [-0.05, 0) is 60.5 Å². The van der Waals surface area contributed by atoms with Crippen LogP contribution in [0.25, 0.3) is 6.08 Å². The van der Waals surface area contributed by atoms with Crippen molar-refractivity contribution in [2.75, 3.05) is 7.11 Å². The number of Topliss-reactive ketones (excluding diaryl/α,β-unsaturated/α-hetero) is 1. The van der Waals surface area contributed by atoms with E-state index in [1.807, 2.05) is 31.2 Å². The SMILES string of the molecule is COc1ccc(C(=O)Oc2ccc3c(c2)O/C(=C\c2ccccc2C)C3=O)cc1. The van der Waals surface area contributed by atoms with Crippen LogP contribution in [0.1, 0.15) is 31.8 Å². The van der Waals surface area contributed by atoms with Gasteiger partial charge in [-0.25, -0.2) is 4.79 Å². The molecule has 0 saturated heterocycles. The second-order valence-corrected chi connectivity index (χ2v) is 6.57. The number of methoxy groups -OCH3 is 1. The van der Waals surface area contributed by atoms with Crippen LogP contribution >= 0.6 is 0 Å². The highest BCUT2D eigenvalue weighted by atomic mass is 16.5. The van der Waals surface area contributed by atoms with E-state index in [-0.39, 0.29) is 11.5 Å². The summed E-state index contributed by atoms with van der Waals surface area (Å²) in [4.78, 5) is 25.0. The fraction of sp³-hybridized carbons (Fsp3) is 0.0833. The Morgan fingerprint density at radius 1 is 0.966 bits per heavy atom. The first kappa shape index (κ1) is 18.5. The first-order valence-electron chi connectivity index (χ1n) is 9.05. The van der Waals surface area contributed by atoms with Gasteiger partial charge < -0.3 is 14.2 Å². The third-order valence-corrected chi connectivity index (χ3v) is 4.65. The lowest BCUT2D eigenvalue weighted by Gasteiger charge is -2.06. The summed E-state index contributed by atoms with van der Waals surface area (Å²) >= 11 is 0. The maximum absolute atomic E-state index is 12.6. The Hall–Kier alpha value is -3.86. The largest absolute Gasteiger partial charge is 0.497 e. The minimum atomic E-state index is -0.507. The Morgan fingerprint density at radius 3 is 2.41 bits per heavy atom. The van der Waals surface area contributed by atoms with Gasteiger partial charge in [0.25, 0.3) is 0 Å². The smallest absolute Gasteiger partial charge is 0.343 e. The van der Waals surface area contributed by atoms with Crippen LogP contribution in [-0.2, 0) is 0 Å². The fourth-order valence-corrected chi connectivity index (χ4v) is 3.01. The van der Waals surface area contributed by atoms with Crippen molar-refractivity contribution in [3.8, 4) is 17.2 Å². The number of ketones is 1.